The van der Waals surface area contributed by atoms with Crippen LogP contribution in [0.15, 0.2) is 24.3 Å². The second-order valence-corrected chi connectivity index (χ2v) is 4.45. The van der Waals surface area contributed by atoms with Crippen molar-refractivity contribution in [2.45, 2.75) is 32.2 Å². The topological polar surface area (TPSA) is 50.4 Å². The SMILES string of the molecule is CCOc1ccc(NC(=O)C2CCCCN2)cc1.Cl. The Morgan fingerprint density at radius 3 is 2.68 bits per heavy atom. The Morgan fingerprint density at radius 2 is 2.11 bits per heavy atom. The van der Waals surface area contributed by atoms with Gasteiger partial charge in [0.25, 0.3) is 0 Å². The van der Waals surface area contributed by atoms with E-state index in [1.807, 2.05) is 31.2 Å². The molecule has 1 atom stereocenters. The predicted molar refractivity (Wildman–Crippen MR) is 79.1 cm³/mol. The molecular weight excluding hydrogens is 264 g/mol. The molecule has 1 saturated heterocycles. The first-order valence-corrected chi connectivity index (χ1v) is 6.56. The van der Waals surface area contributed by atoms with Crippen LogP contribution in [0.3, 0.4) is 0 Å². The maximum Gasteiger partial charge on any atom is 0.241 e. The van der Waals surface area contributed by atoms with Crippen LogP contribution in [0, 0.1) is 0 Å². The van der Waals surface area contributed by atoms with Gasteiger partial charge in [0.05, 0.1) is 12.6 Å². The number of anilines is 1. The third-order valence-corrected chi connectivity index (χ3v) is 3.06. The van der Waals surface area contributed by atoms with E-state index in [0.29, 0.717) is 6.61 Å². The van der Waals surface area contributed by atoms with Crippen LogP contribution < -0.4 is 15.4 Å². The number of hydrogen-bond donors (Lipinski definition) is 2. The summed E-state index contributed by atoms with van der Waals surface area (Å²) in [4.78, 5) is 12.0. The van der Waals surface area contributed by atoms with E-state index in [1.165, 1.54) is 0 Å². The molecular formula is C14H21ClN2O2. The van der Waals surface area contributed by atoms with Crippen LogP contribution in [-0.4, -0.2) is 25.1 Å². The van der Waals surface area contributed by atoms with E-state index in [1.54, 1.807) is 0 Å². The molecule has 1 unspecified atom stereocenters. The molecule has 4 nitrogen and oxygen atoms in total. The van der Waals surface area contributed by atoms with Crippen molar-refractivity contribution in [3.63, 3.8) is 0 Å². The number of amides is 1. The fraction of sp³-hybridized carbons (Fsp3) is 0.500. The van der Waals surface area contributed by atoms with Crippen LogP contribution in [0.4, 0.5) is 5.69 Å². The molecule has 1 aromatic carbocycles. The molecule has 1 amide bonds. The van der Waals surface area contributed by atoms with Crippen LogP contribution >= 0.6 is 12.4 Å². The van der Waals surface area contributed by atoms with Crippen LogP contribution in [0.1, 0.15) is 26.2 Å². The van der Waals surface area contributed by atoms with Crippen molar-refractivity contribution in [1.82, 2.24) is 5.32 Å². The molecule has 1 fully saturated rings. The highest BCUT2D eigenvalue weighted by atomic mass is 35.5. The van der Waals surface area contributed by atoms with Crippen LogP contribution in [0.25, 0.3) is 0 Å². The molecule has 1 aliphatic heterocycles. The van der Waals surface area contributed by atoms with Crippen molar-refractivity contribution in [2.24, 2.45) is 0 Å². The number of carbonyl (C=O) groups is 1. The maximum absolute atomic E-state index is 12.0. The van der Waals surface area contributed by atoms with Crippen molar-refractivity contribution in [3.05, 3.63) is 24.3 Å². The van der Waals surface area contributed by atoms with Crippen LogP contribution in [0.2, 0.25) is 0 Å². The summed E-state index contributed by atoms with van der Waals surface area (Å²) in [5.74, 6) is 0.880. The first kappa shape index (κ1) is 15.8. The standard InChI is InChI=1S/C14H20N2O2.ClH/c1-2-18-12-8-6-11(7-9-12)16-14(17)13-5-3-4-10-15-13;/h6-9,13,15H,2-5,10H2,1H3,(H,16,17);1H. The highest BCUT2D eigenvalue weighted by Crippen LogP contribution is 2.16. The number of piperidine rings is 1. The molecule has 1 heterocycles. The third kappa shape index (κ3) is 4.73. The zero-order chi connectivity index (χ0) is 12.8. The lowest BCUT2D eigenvalue weighted by molar-refractivity contribution is -0.118. The number of hydrogen-bond acceptors (Lipinski definition) is 3. The minimum Gasteiger partial charge on any atom is -0.494 e. The largest absolute Gasteiger partial charge is 0.494 e. The van der Waals surface area contributed by atoms with Gasteiger partial charge in [-0.3, -0.25) is 4.79 Å². The van der Waals surface area contributed by atoms with Gasteiger partial charge in [0.1, 0.15) is 5.75 Å². The number of halogens is 1. The first-order valence-electron chi connectivity index (χ1n) is 6.56. The highest BCUT2D eigenvalue weighted by Gasteiger charge is 2.20. The van der Waals surface area contributed by atoms with Gasteiger partial charge in [-0.15, -0.1) is 12.4 Å². The van der Waals surface area contributed by atoms with E-state index in [2.05, 4.69) is 10.6 Å². The van der Waals surface area contributed by atoms with Crippen molar-refractivity contribution >= 4 is 24.0 Å². The number of benzene rings is 1. The Hall–Kier alpha value is -1.26. The van der Waals surface area contributed by atoms with Crippen LogP contribution in [-0.2, 0) is 4.79 Å². The van der Waals surface area contributed by atoms with Gasteiger partial charge in [-0.05, 0) is 50.6 Å². The minimum atomic E-state index is -0.0506. The number of rotatable bonds is 4. The monoisotopic (exact) mass is 284 g/mol. The third-order valence-electron chi connectivity index (χ3n) is 3.06. The van der Waals surface area contributed by atoms with Gasteiger partial charge in [0.2, 0.25) is 5.91 Å². The van der Waals surface area contributed by atoms with Gasteiger partial charge in [0.15, 0.2) is 0 Å². The van der Waals surface area contributed by atoms with Crippen LogP contribution in [0.5, 0.6) is 5.75 Å². The lowest BCUT2D eigenvalue weighted by Crippen LogP contribution is -2.43. The minimum absolute atomic E-state index is 0. The van der Waals surface area contributed by atoms with Gasteiger partial charge in [-0.1, -0.05) is 6.42 Å². The summed E-state index contributed by atoms with van der Waals surface area (Å²) in [6, 6.07) is 7.42. The van der Waals surface area contributed by atoms with E-state index >= 15 is 0 Å². The second-order valence-electron chi connectivity index (χ2n) is 4.45. The Bertz CT molecular complexity index is 389. The zero-order valence-electron chi connectivity index (χ0n) is 11.1. The molecule has 1 aromatic rings. The molecule has 1 aliphatic rings. The summed E-state index contributed by atoms with van der Waals surface area (Å²) in [6.07, 6.45) is 3.20. The van der Waals surface area contributed by atoms with E-state index in [0.717, 1.165) is 37.2 Å². The smallest absolute Gasteiger partial charge is 0.241 e. The lowest BCUT2D eigenvalue weighted by Gasteiger charge is -2.22. The van der Waals surface area contributed by atoms with Gasteiger partial charge >= 0.3 is 0 Å². The number of carbonyl (C=O) groups excluding carboxylic acids is 1. The average Bonchev–Trinajstić information content (AvgIpc) is 2.42. The molecule has 0 radical (unpaired) electrons. The summed E-state index contributed by atoms with van der Waals surface area (Å²) in [5, 5.41) is 6.16. The molecule has 0 aromatic heterocycles. The Labute approximate surface area is 120 Å². The normalized spacial score (nSPS) is 18.3. The molecule has 106 valence electrons. The summed E-state index contributed by atoms with van der Waals surface area (Å²) in [5.41, 5.74) is 0.816. The van der Waals surface area contributed by atoms with Crippen molar-refractivity contribution in [3.8, 4) is 5.75 Å². The van der Waals surface area contributed by atoms with Gasteiger partial charge in [-0.25, -0.2) is 0 Å². The molecule has 0 spiro atoms. The molecule has 5 heteroatoms. The number of nitrogens with one attached hydrogen (secondary N) is 2. The molecule has 0 saturated carbocycles. The molecule has 2 rings (SSSR count). The first-order chi connectivity index (χ1) is 8.79. The maximum atomic E-state index is 12.0. The van der Waals surface area contributed by atoms with E-state index in [9.17, 15) is 4.79 Å². The fourth-order valence-corrected chi connectivity index (χ4v) is 2.11. The van der Waals surface area contributed by atoms with E-state index < -0.39 is 0 Å². The Morgan fingerprint density at radius 1 is 1.37 bits per heavy atom. The molecule has 19 heavy (non-hydrogen) atoms. The summed E-state index contributed by atoms with van der Waals surface area (Å²) in [6.45, 7) is 3.53. The predicted octanol–water partition coefficient (Wildman–Crippen LogP) is 2.59. The number of ether oxygens (including phenoxy) is 1. The summed E-state index contributed by atoms with van der Waals surface area (Å²) >= 11 is 0. The van der Waals surface area contributed by atoms with Gasteiger partial charge in [-0.2, -0.15) is 0 Å². The summed E-state index contributed by atoms with van der Waals surface area (Å²) < 4.78 is 5.36. The zero-order valence-corrected chi connectivity index (χ0v) is 12.0. The molecule has 0 bridgehead atoms. The van der Waals surface area contributed by atoms with E-state index in [4.69, 9.17) is 4.74 Å². The Balaban J connectivity index is 0.00000180. The van der Waals surface area contributed by atoms with Crippen molar-refractivity contribution in [2.75, 3.05) is 18.5 Å². The lowest BCUT2D eigenvalue weighted by atomic mass is 10.0. The van der Waals surface area contributed by atoms with Crippen molar-refractivity contribution in [1.29, 1.82) is 0 Å². The van der Waals surface area contributed by atoms with Crippen molar-refractivity contribution < 1.29 is 9.53 Å². The fourth-order valence-electron chi connectivity index (χ4n) is 2.11. The van der Waals surface area contributed by atoms with Gasteiger partial charge < -0.3 is 15.4 Å². The quantitative estimate of drug-likeness (QED) is 0.893. The Kier molecular flexibility index (Phi) is 6.67. The second kappa shape index (κ2) is 8.02. The van der Waals surface area contributed by atoms with E-state index in [-0.39, 0.29) is 24.4 Å². The summed E-state index contributed by atoms with van der Waals surface area (Å²) in [7, 11) is 0. The molecule has 0 aliphatic carbocycles. The average molecular weight is 285 g/mol. The van der Waals surface area contributed by atoms with Gasteiger partial charge in [0, 0.05) is 5.69 Å². The molecule has 2 N–H and O–H groups in total. The highest BCUT2D eigenvalue weighted by molar-refractivity contribution is 5.94.